The number of hydrogen-bond acceptors (Lipinski definition) is 5. The van der Waals surface area contributed by atoms with Crippen LogP contribution in [0.15, 0.2) is 4.60 Å². The monoisotopic (exact) mass is 245 g/mol. The van der Waals surface area contributed by atoms with Crippen molar-refractivity contribution in [1.29, 1.82) is 0 Å². The van der Waals surface area contributed by atoms with Gasteiger partial charge in [-0.2, -0.15) is 0 Å². The van der Waals surface area contributed by atoms with Gasteiger partial charge in [-0.05, 0) is 22.9 Å². The van der Waals surface area contributed by atoms with Crippen molar-refractivity contribution < 1.29 is 9.53 Å². The number of anilines is 1. The molecule has 0 saturated heterocycles. The number of nitrogen functional groups attached to an aromatic ring is 1. The second-order valence-electron chi connectivity index (χ2n) is 2.33. The van der Waals surface area contributed by atoms with Gasteiger partial charge in [-0.3, -0.25) is 0 Å². The first-order chi connectivity index (χ1) is 6.06. The Morgan fingerprint density at radius 3 is 2.69 bits per heavy atom. The first kappa shape index (κ1) is 9.91. The Kier molecular flexibility index (Phi) is 2.82. The molecule has 0 aliphatic carbocycles. The van der Waals surface area contributed by atoms with Crippen molar-refractivity contribution in [1.82, 2.24) is 9.97 Å². The summed E-state index contributed by atoms with van der Waals surface area (Å²) in [5, 5.41) is 0. The number of ether oxygens (including phenoxy) is 1. The lowest BCUT2D eigenvalue weighted by Crippen LogP contribution is -2.10. The van der Waals surface area contributed by atoms with E-state index in [4.69, 9.17) is 5.73 Å². The van der Waals surface area contributed by atoms with Crippen LogP contribution < -0.4 is 5.73 Å². The first-order valence-corrected chi connectivity index (χ1v) is 4.23. The summed E-state index contributed by atoms with van der Waals surface area (Å²) in [6.45, 7) is 1.64. The molecular formula is C7H8BrN3O2. The van der Waals surface area contributed by atoms with Gasteiger partial charge in [-0.15, -0.1) is 0 Å². The summed E-state index contributed by atoms with van der Waals surface area (Å²) in [4.78, 5) is 18.9. The lowest BCUT2D eigenvalue weighted by Gasteiger charge is -2.03. The van der Waals surface area contributed by atoms with Crippen LogP contribution in [0.2, 0.25) is 0 Å². The summed E-state index contributed by atoms with van der Waals surface area (Å²) in [6, 6.07) is 0. The molecular weight excluding hydrogens is 238 g/mol. The van der Waals surface area contributed by atoms with Gasteiger partial charge >= 0.3 is 5.97 Å². The van der Waals surface area contributed by atoms with Crippen molar-refractivity contribution in [3.63, 3.8) is 0 Å². The van der Waals surface area contributed by atoms with Crippen LogP contribution in [0.25, 0.3) is 0 Å². The van der Waals surface area contributed by atoms with E-state index in [1.807, 2.05) is 0 Å². The van der Waals surface area contributed by atoms with Crippen LogP contribution in [-0.4, -0.2) is 23.0 Å². The van der Waals surface area contributed by atoms with Crippen LogP contribution in [0.1, 0.15) is 16.2 Å². The number of aryl methyl sites for hydroxylation is 1. The van der Waals surface area contributed by atoms with E-state index in [-0.39, 0.29) is 11.5 Å². The molecule has 0 saturated carbocycles. The number of rotatable bonds is 1. The van der Waals surface area contributed by atoms with Crippen LogP contribution in [0.5, 0.6) is 0 Å². The molecule has 0 bridgehead atoms. The fourth-order valence-corrected chi connectivity index (χ4v) is 1.07. The molecule has 0 fully saturated rings. The first-order valence-electron chi connectivity index (χ1n) is 3.44. The van der Waals surface area contributed by atoms with Crippen molar-refractivity contribution in [2.75, 3.05) is 12.8 Å². The number of hydrogen-bond donors (Lipinski definition) is 1. The summed E-state index contributed by atoms with van der Waals surface area (Å²) < 4.78 is 4.85. The highest BCUT2D eigenvalue weighted by Crippen LogP contribution is 2.16. The normalized spacial score (nSPS) is 9.77. The van der Waals surface area contributed by atoms with Crippen LogP contribution in [-0.2, 0) is 4.74 Å². The molecule has 1 aromatic heterocycles. The van der Waals surface area contributed by atoms with Gasteiger partial charge < -0.3 is 10.5 Å². The predicted molar refractivity (Wildman–Crippen MR) is 50.2 cm³/mol. The summed E-state index contributed by atoms with van der Waals surface area (Å²) in [5.74, 6) is -0.268. The van der Waals surface area contributed by atoms with Gasteiger partial charge in [0.1, 0.15) is 4.60 Å². The van der Waals surface area contributed by atoms with Crippen LogP contribution in [0.4, 0.5) is 5.82 Å². The minimum Gasteiger partial charge on any atom is -0.464 e. The minimum absolute atomic E-state index is 0.170. The second-order valence-corrected chi connectivity index (χ2v) is 3.08. The minimum atomic E-state index is -0.523. The number of aromatic nitrogens is 2. The fourth-order valence-electron chi connectivity index (χ4n) is 0.806. The van der Waals surface area contributed by atoms with Crippen molar-refractivity contribution in [3.05, 3.63) is 16.0 Å². The number of methoxy groups -OCH3 is 1. The SMILES string of the molecule is COC(=O)c1nc(Br)c(N)nc1C. The molecule has 0 atom stereocenters. The summed E-state index contributed by atoms with van der Waals surface area (Å²) >= 11 is 3.07. The van der Waals surface area contributed by atoms with Gasteiger partial charge in [0.15, 0.2) is 11.5 Å². The fraction of sp³-hybridized carbons (Fsp3) is 0.286. The zero-order valence-corrected chi connectivity index (χ0v) is 8.75. The maximum Gasteiger partial charge on any atom is 0.358 e. The number of halogens is 1. The standard InChI is InChI=1S/C7H8BrN3O2/c1-3-4(7(12)13-2)11-5(8)6(9)10-3/h1-2H3,(H2,9,10). The van der Waals surface area contributed by atoms with Crippen molar-refractivity contribution in [2.45, 2.75) is 6.92 Å². The van der Waals surface area contributed by atoms with Gasteiger partial charge in [0.05, 0.1) is 12.8 Å². The lowest BCUT2D eigenvalue weighted by atomic mass is 10.3. The van der Waals surface area contributed by atoms with Crippen molar-refractivity contribution >= 4 is 27.7 Å². The van der Waals surface area contributed by atoms with E-state index in [2.05, 4.69) is 30.6 Å². The molecule has 1 aromatic rings. The Labute approximate surface area is 83.4 Å². The van der Waals surface area contributed by atoms with E-state index in [1.165, 1.54) is 7.11 Å². The second kappa shape index (κ2) is 3.69. The van der Waals surface area contributed by atoms with E-state index in [0.29, 0.717) is 10.3 Å². The Hall–Kier alpha value is -1.17. The van der Waals surface area contributed by atoms with E-state index in [9.17, 15) is 4.79 Å². The van der Waals surface area contributed by atoms with E-state index >= 15 is 0 Å². The third-order valence-electron chi connectivity index (χ3n) is 1.43. The highest BCUT2D eigenvalue weighted by molar-refractivity contribution is 9.10. The van der Waals surface area contributed by atoms with Gasteiger partial charge in [-0.1, -0.05) is 0 Å². The van der Waals surface area contributed by atoms with Crippen LogP contribution in [0, 0.1) is 6.92 Å². The Morgan fingerprint density at radius 1 is 1.54 bits per heavy atom. The van der Waals surface area contributed by atoms with E-state index in [0.717, 1.165) is 0 Å². The molecule has 70 valence electrons. The molecule has 2 N–H and O–H groups in total. The molecule has 0 aliphatic rings. The van der Waals surface area contributed by atoms with Crippen molar-refractivity contribution in [3.8, 4) is 0 Å². The zero-order chi connectivity index (χ0) is 10.0. The highest BCUT2D eigenvalue weighted by atomic mass is 79.9. The van der Waals surface area contributed by atoms with E-state index in [1.54, 1.807) is 6.92 Å². The molecule has 0 unspecified atom stereocenters. The van der Waals surface area contributed by atoms with E-state index < -0.39 is 5.97 Å². The molecule has 0 radical (unpaired) electrons. The molecule has 1 heterocycles. The number of carbonyl (C=O) groups is 1. The number of nitrogens with zero attached hydrogens (tertiary/aromatic N) is 2. The number of carbonyl (C=O) groups excluding carboxylic acids is 1. The Balaban J connectivity index is 3.23. The molecule has 0 amide bonds. The topological polar surface area (TPSA) is 78.1 Å². The smallest absolute Gasteiger partial charge is 0.358 e. The average Bonchev–Trinajstić information content (AvgIpc) is 2.10. The molecule has 0 aromatic carbocycles. The zero-order valence-electron chi connectivity index (χ0n) is 7.17. The summed E-state index contributed by atoms with van der Waals surface area (Å²) in [5.41, 5.74) is 6.08. The van der Waals surface area contributed by atoms with Gasteiger partial charge in [0, 0.05) is 0 Å². The molecule has 5 nitrogen and oxygen atoms in total. The molecule has 6 heteroatoms. The van der Waals surface area contributed by atoms with Gasteiger partial charge in [0.2, 0.25) is 0 Å². The predicted octanol–water partition coefficient (Wildman–Crippen LogP) is 0.916. The lowest BCUT2D eigenvalue weighted by molar-refractivity contribution is 0.0592. The maximum atomic E-state index is 11.1. The average molecular weight is 246 g/mol. The molecule has 0 spiro atoms. The largest absolute Gasteiger partial charge is 0.464 e. The molecule has 0 aliphatic heterocycles. The Morgan fingerprint density at radius 2 is 2.15 bits per heavy atom. The molecule has 1 rings (SSSR count). The summed E-state index contributed by atoms with van der Waals surface area (Å²) in [6.07, 6.45) is 0. The van der Waals surface area contributed by atoms with Crippen LogP contribution in [0.3, 0.4) is 0 Å². The number of nitrogens with two attached hydrogens (primary N) is 1. The van der Waals surface area contributed by atoms with Crippen molar-refractivity contribution in [2.24, 2.45) is 0 Å². The third-order valence-corrected chi connectivity index (χ3v) is 2.01. The van der Waals surface area contributed by atoms with Gasteiger partial charge in [0.25, 0.3) is 0 Å². The molecule has 13 heavy (non-hydrogen) atoms. The number of esters is 1. The highest BCUT2D eigenvalue weighted by Gasteiger charge is 2.14. The maximum absolute atomic E-state index is 11.1. The van der Waals surface area contributed by atoms with Crippen LogP contribution >= 0.6 is 15.9 Å². The Bertz CT molecular complexity index is 354. The van der Waals surface area contributed by atoms with Gasteiger partial charge in [-0.25, -0.2) is 14.8 Å². The summed E-state index contributed by atoms with van der Waals surface area (Å²) in [7, 11) is 1.29. The quantitative estimate of drug-likeness (QED) is 0.745. The third kappa shape index (κ3) is 1.95.